The third-order valence-electron chi connectivity index (χ3n) is 5.22. The van der Waals surface area contributed by atoms with Crippen molar-refractivity contribution in [3.8, 4) is 0 Å². The summed E-state index contributed by atoms with van der Waals surface area (Å²) < 4.78 is 5.00. The van der Waals surface area contributed by atoms with E-state index in [9.17, 15) is 0 Å². The molecule has 186 valence electrons. The largest absolute Gasteiger partial charge is 0.398 e. The summed E-state index contributed by atoms with van der Waals surface area (Å²) in [6.07, 6.45) is 10.9. The molecule has 1 heterocycles. The van der Waals surface area contributed by atoms with E-state index in [-0.39, 0.29) is 21.4 Å². The molecule has 1 fully saturated rings. The molecule has 0 radical (unpaired) electrons. The van der Waals surface area contributed by atoms with E-state index in [1.807, 2.05) is 18.9 Å². The van der Waals surface area contributed by atoms with Crippen molar-refractivity contribution < 1.29 is 9.53 Å². The second kappa shape index (κ2) is 18.8. The molecule has 0 spiro atoms. The first-order chi connectivity index (χ1) is 15.1. The Kier molecular flexibility index (Phi) is 18.5. The summed E-state index contributed by atoms with van der Waals surface area (Å²) >= 11 is 0. The SMILES string of the molecule is C.C.C=O.CN1CCN(c2cccc(/C(N)=C(\C=N)CN)c2)CC1.COCC1C=CC=CC1. The van der Waals surface area contributed by atoms with Crippen LogP contribution in [0.4, 0.5) is 5.69 Å². The lowest BCUT2D eigenvalue weighted by molar-refractivity contribution is -0.0979. The number of carbonyl (C=O) groups excluding carboxylic acids is 1. The first-order valence-electron chi connectivity index (χ1n) is 10.4. The number of anilines is 1. The summed E-state index contributed by atoms with van der Waals surface area (Å²) in [6.45, 7) is 7.33. The van der Waals surface area contributed by atoms with Crippen LogP contribution in [-0.4, -0.2) is 71.4 Å². The monoisotopic (exact) mass is 459 g/mol. The number of hydrogen-bond acceptors (Lipinski definition) is 7. The van der Waals surface area contributed by atoms with E-state index in [0.717, 1.165) is 44.8 Å². The van der Waals surface area contributed by atoms with Crippen molar-refractivity contribution in [3.05, 3.63) is 59.7 Å². The van der Waals surface area contributed by atoms with E-state index >= 15 is 0 Å². The van der Waals surface area contributed by atoms with Gasteiger partial charge >= 0.3 is 0 Å². The smallest absolute Gasteiger partial charge is 0.106 e. The van der Waals surface area contributed by atoms with Crippen molar-refractivity contribution in [1.82, 2.24) is 4.90 Å². The molecular formula is C26H45N5O2. The van der Waals surface area contributed by atoms with E-state index in [0.29, 0.717) is 17.2 Å². The average Bonchev–Trinajstić information content (AvgIpc) is 2.83. The third-order valence-corrected chi connectivity index (χ3v) is 5.22. The molecule has 1 aromatic carbocycles. The van der Waals surface area contributed by atoms with Gasteiger partial charge in [0.1, 0.15) is 6.79 Å². The summed E-state index contributed by atoms with van der Waals surface area (Å²) in [5.74, 6) is 0.611. The van der Waals surface area contributed by atoms with Gasteiger partial charge in [0.15, 0.2) is 0 Å². The summed E-state index contributed by atoms with van der Waals surface area (Å²) in [7, 11) is 3.89. The minimum absolute atomic E-state index is 0. The number of methoxy groups -OCH3 is 1. The van der Waals surface area contributed by atoms with Gasteiger partial charge in [0.25, 0.3) is 0 Å². The van der Waals surface area contributed by atoms with Gasteiger partial charge in [-0.05, 0) is 31.2 Å². The van der Waals surface area contributed by atoms with Crippen molar-refractivity contribution >= 4 is 24.4 Å². The summed E-state index contributed by atoms with van der Waals surface area (Å²) in [5, 5.41) is 7.35. The summed E-state index contributed by atoms with van der Waals surface area (Å²) in [4.78, 5) is 12.7. The van der Waals surface area contributed by atoms with Crippen LogP contribution in [0.15, 0.2) is 54.1 Å². The fourth-order valence-corrected chi connectivity index (χ4v) is 3.34. The molecular weight excluding hydrogens is 414 g/mol. The van der Waals surface area contributed by atoms with Gasteiger partial charge in [-0.25, -0.2) is 0 Å². The molecule has 0 bridgehead atoms. The van der Waals surface area contributed by atoms with Crippen LogP contribution in [0.1, 0.15) is 26.8 Å². The van der Waals surface area contributed by atoms with Crippen LogP contribution in [0.3, 0.4) is 0 Å². The predicted octanol–water partition coefficient (Wildman–Crippen LogP) is 3.57. The van der Waals surface area contributed by atoms with Crippen molar-refractivity contribution in [2.75, 3.05) is 58.4 Å². The molecule has 7 heteroatoms. The lowest BCUT2D eigenvalue weighted by Crippen LogP contribution is -2.44. The van der Waals surface area contributed by atoms with Gasteiger partial charge < -0.3 is 36.2 Å². The highest BCUT2D eigenvalue weighted by Gasteiger charge is 2.15. The summed E-state index contributed by atoms with van der Waals surface area (Å²) in [5.41, 5.74) is 15.1. The Labute approximate surface area is 201 Å². The van der Waals surface area contributed by atoms with Crippen LogP contribution in [0.25, 0.3) is 5.70 Å². The third kappa shape index (κ3) is 11.1. The number of nitrogens with two attached hydrogens (primary N) is 2. The molecule has 7 nitrogen and oxygen atoms in total. The Morgan fingerprint density at radius 2 is 1.88 bits per heavy atom. The van der Waals surface area contributed by atoms with Crippen molar-refractivity contribution in [2.24, 2.45) is 17.4 Å². The van der Waals surface area contributed by atoms with Gasteiger partial charge in [-0.3, -0.25) is 0 Å². The molecule has 1 aromatic rings. The number of carbonyl (C=O) groups is 1. The molecule has 0 amide bonds. The zero-order valence-corrected chi connectivity index (χ0v) is 18.8. The number of rotatable bonds is 6. The molecule has 0 aromatic heterocycles. The second-order valence-electron chi connectivity index (χ2n) is 7.39. The van der Waals surface area contributed by atoms with Crippen LogP contribution < -0.4 is 16.4 Å². The molecule has 0 saturated carbocycles. The Morgan fingerprint density at radius 3 is 2.39 bits per heavy atom. The van der Waals surface area contributed by atoms with Crippen LogP contribution in [0, 0.1) is 11.3 Å². The van der Waals surface area contributed by atoms with E-state index in [4.69, 9.17) is 26.4 Å². The van der Waals surface area contributed by atoms with Crippen LogP contribution in [-0.2, 0) is 9.53 Å². The summed E-state index contributed by atoms with van der Waals surface area (Å²) in [6, 6.07) is 8.16. The zero-order valence-electron chi connectivity index (χ0n) is 18.8. The molecule has 1 aliphatic carbocycles. The quantitative estimate of drug-likeness (QED) is 0.561. The van der Waals surface area contributed by atoms with Crippen LogP contribution in [0.5, 0.6) is 0 Å². The average molecular weight is 460 g/mol. The number of benzene rings is 1. The van der Waals surface area contributed by atoms with Crippen molar-refractivity contribution in [3.63, 3.8) is 0 Å². The minimum atomic E-state index is 0. The zero-order chi connectivity index (χ0) is 23.1. The highest BCUT2D eigenvalue weighted by molar-refractivity contribution is 5.89. The lowest BCUT2D eigenvalue weighted by atomic mass is 10.0. The maximum atomic E-state index is 8.00. The van der Waals surface area contributed by atoms with Gasteiger partial charge in [0.05, 0.1) is 6.61 Å². The number of nitrogens with zero attached hydrogens (tertiary/aromatic N) is 2. The minimum Gasteiger partial charge on any atom is -0.398 e. The van der Waals surface area contributed by atoms with E-state index in [1.165, 1.54) is 11.9 Å². The van der Waals surface area contributed by atoms with Gasteiger partial charge in [-0.1, -0.05) is 51.3 Å². The number of allylic oxidation sites excluding steroid dienone is 3. The Balaban J connectivity index is 0. The van der Waals surface area contributed by atoms with E-state index < -0.39 is 0 Å². The van der Waals surface area contributed by atoms with Gasteiger partial charge in [0.2, 0.25) is 0 Å². The molecule has 1 atom stereocenters. The van der Waals surface area contributed by atoms with Crippen LogP contribution in [0.2, 0.25) is 0 Å². The maximum absolute atomic E-state index is 8.00. The predicted molar refractivity (Wildman–Crippen MR) is 144 cm³/mol. The van der Waals surface area contributed by atoms with E-state index in [1.54, 1.807) is 7.11 Å². The molecule has 1 saturated heterocycles. The number of nitrogens with one attached hydrogen (secondary N) is 1. The van der Waals surface area contributed by atoms with Crippen molar-refractivity contribution in [2.45, 2.75) is 21.3 Å². The van der Waals surface area contributed by atoms with Gasteiger partial charge in [-0.15, -0.1) is 0 Å². The normalized spacial score (nSPS) is 17.7. The standard InChI is InChI=1S/C15H23N5.C8H12O.CH2O.2CH4/c1-19-5-7-20(8-6-19)14-4-2-3-12(9-14)15(18)13(10-16)11-17;1-9-7-8-5-3-2-4-6-8;1-2;;/h2-4,9-10,16H,5-8,11,17-18H2,1H3;2-5,8H,6-7H2,1H3;1H2;2*1H4/b15-13-,16-10?;;;;. The van der Waals surface area contributed by atoms with Gasteiger partial charge in [0, 0.05) is 68.9 Å². The number of likely N-dealkylation sites (N-methyl/N-ethyl adjacent to an activating group) is 1. The first kappa shape index (κ1) is 32.4. The molecule has 5 N–H and O–H groups in total. The molecule has 3 rings (SSSR count). The Bertz CT molecular complexity index is 753. The number of piperazine rings is 1. The number of ether oxygens (including phenoxy) is 1. The molecule has 2 aliphatic rings. The molecule has 1 aliphatic heterocycles. The second-order valence-corrected chi connectivity index (χ2v) is 7.39. The van der Waals surface area contributed by atoms with Crippen LogP contribution >= 0.6 is 0 Å². The fourth-order valence-electron chi connectivity index (χ4n) is 3.34. The Hall–Kier alpha value is -2.74. The van der Waals surface area contributed by atoms with E-state index in [2.05, 4.69) is 53.3 Å². The first-order valence-corrected chi connectivity index (χ1v) is 10.4. The topological polar surface area (TPSA) is 109 Å². The molecule has 33 heavy (non-hydrogen) atoms. The lowest BCUT2D eigenvalue weighted by Gasteiger charge is -2.34. The maximum Gasteiger partial charge on any atom is 0.106 e. The fraction of sp³-hybridized carbons (Fsp3) is 0.462. The molecule has 1 unspecified atom stereocenters. The number of hydrogen-bond donors (Lipinski definition) is 3. The highest BCUT2D eigenvalue weighted by Crippen LogP contribution is 2.21. The van der Waals surface area contributed by atoms with Crippen molar-refractivity contribution in [1.29, 1.82) is 5.41 Å². The van der Waals surface area contributed by atoms with Gasteiger partial charge in [-0.2, -0.15) is 0 Å². The Morgan fingerprint density at radius 1 is 1.21 bits per heavy atom. The highest BCUT2D eigenvalue weighted by atomic mass is 16.5.